The molecule has 0 bridgehead atoms. The molecule has 3 nitrogen and oxygen atoms in total. The van der Waals surface area contributed by atoms with Crippen LogP contribution in [0.15, 0.2) is 30.3 Å². The number of hydrogen-bond acceptors (Lipinski definition) is 3. The third-order valence-electron chi connectivity index (χ3n) is 1.51. The normalized spacial score (nSPS) is 11.3. The van der Waals surface area contributed by atoms with Gasteiger partial charge in [0.2, 0.25) is 0 Å². The average molecular weight is 216 g/mol. The predicted octanol–water partition coefficient (Wildman–Crippen LogP) is 1.50. The van der Waals surface area contributed by atoms with Crippen LogP contribution in [0.4, 0.5) is 0 Å². The van der Waals surface area contributed by atoms with Crippen molar-refractivity contribution in [3.63, 3.8) is 0 Å². The minimum Gasteiger partial charge on any atom is -0.447 e. The molecule has 0 saturated heterocycles. The number of rotatable bonds is 3. The maximum Gasteiger partial charge on any atom is 0.311 e. The van der Waals surface area contributed by atoms with E-state index < -0.39 is 6.23 Å². The SMILES string of the molecule is CC(N)OC(=O)Cc1ccccc1.Cl. The van der Waals surface area contributed by atoms with Crippen LogP contribution in [-0.2, 0) is 16.0 Å². The molecule has 0 aromatic heterocycles. The molecular formula is C10H14ClNO2. The molecule has 0 aliphatic rings. The van der Waals surface area contributed by atoms with Crippen molar-refractivity contribution < 1.29 is 9.53 Å². The Morgan fingerprint density at radius 3 is 2.50 bits per heavy atom. The molecule has 0 spiro atoms. The van der Waals surface area contributed by atoms with Crippen molar-refractivity contribution in [1.82, 2.24) is 0 Å². The highest BCUT2D eigenvalue weighted by Gasteiger charge is 2.05. The van der Waals surface area contributed by atoms with E-state index in [2.05, 4.69) is 0 Å². The molecule has 1 unspecified atom stereocenters. The number of hydrogen-bond donors (Lipinski definition) is 1. The summed E-state index contributed by atoms with van der Waals surface area (Å²) in [6.07, 6.45) is -0.251. The van der Waals surface area contributed by atoms with Gasteiger partial charge in [-0.15, -0.1) is 12.4 Å². The van der Waals surface area contributed by atoms with Gasteiger partial charge in [-0.2, -0.15) is 0 Å². The van der Waals surface area contributed by atoms with E-state index >= 15 is 0 Å². The van der Waals surface area contributed by atoms with Gasteiger partial charge in [0.1, 0.15) is 6.23 Å². The van der Waals surface area contributed by atoms with Crippen LogP contribution in [0.1, 0.15) is 12.5 Å². The third kappa shape index (κ3) is 4.84. The summed E-state index contributed by atoms with van der Waals surface area (Å²) >= 11 is 0. The fraction of sp³-hybridized carbons (Fsp3) is 0.300. The zero-order valence-electron chi connectivity index (χ0n) is 7.97. The molecule has 1 atom stereocenters. The molecule has 78 valence electrons. The van der Waals surface area contributed by atoms with Gasteiger partial charge in [-0.25, -0.2) is 0 Å². The number of nitrogens with two attached hydrogens (primary N) is 1. The first-order valence-corrected chi connectivity index (χ1v) is 4.17. The minimum atomic E-state index is -0.531. The van der Waals surface area contributed by atoms with Gasteiger partial charge >= 0.3 is 5.97 Å². The van der Waals surface area contributed by atoms with Crippen LogP contribution in [-0.4, -0.2) is 12.2 Å². The lowest BCUT2D eigenvalue weighted by molar-refractivity contribution is -0.147. The van der Waals surface area contributed by atoms with E-state index in [1.807, 2.05) is 30.3 Å². The lowest BCUT2D eigenvalue weighted by Gasteiger charge is -2.07. The first kappa shape index (κ1) is 12.9. The molecule has 2 N–H and O–H groups in total. The average Bonchev–Trinajstić information content (AvgIpc) is 2.04. The molecule has 0 radical (unpaired) electrons. The topological polar surface area (TPSA) is 52.3 Å². The number of benzene rings is 1. The first-order chi connectivity index (χ1) is 6.18. The Morgan fingerprint density at radius 2 is 2.00 bits per heavy atom. The molecule has 0 heterocycles. The first-order valence-electron chi connectivity index (χ1n) is 4.17. The molecule has 0 saturated carbocycles. The smallest absolute Gasteiger partial charge is 0.311 e. The van der Waals surface area contributed by atoms with E-state index in [0.717, 1.165) is 5.56 Å². The predicted molar refractivity (Wildman–Crippen MR) is 57.1 cm³/mol. The maximum absolute atomic E-state index is 11.1. The Kier molecular flexibility index (Phi) is 5.92. The summed E-state index contributed by atoms with van der Waals surface area (Å²) in [7, 11) is 0. The van der Waals surface area contributed by atoms with E-state index in [1.165, 1.54) is 0 Å². The standard InChI is InChI=1S/C10H13NO2.ClH/c1-8(11)13-10(12)7-9-5-3-2-4-6-9;/h2-6,8H,7,11H2,1H3;1H. The van der Waals surface area contributed by atoms with Crippen molar-refractivity contribution in [2.45, 2.75) is 19.6 Å². The van der Waals surface area contributed by atoms with Crippen LogP contribution in [0.2, 0.25) is 0 Å². The summed E-state index contributed by atoms with van der Waals surface area (Å²) in [6, 6.07) is 9.42. The summed E-state index contributed by atoms with van der Waals surface area (Å²) in [5.74, 6) is -0.291. The Labute approximate surface area is 89.7 Å². The lowest BCUT2D eigenvalue weighted by Crippen LogP contribution is -2.24. The van der Waals surface area contributed by atoms with Gasteiger partial charge in [-0.3, -0.25) is 10.5 Å². The van der Waals surface area contributed by atoms with E-state index in [1.54, 1.807) is 6.92 Å². The van der Waals surface area contributed by atoms with Gasteiger partial charge in [-0.1, -0.05) is 30.3 Å². The van der Waals surface area contributed by atoms with Gasteiger partial charge in [0.25, 0.3) is 0 Å². The monoisotopic (exact) mass is 215 g/mol. The number of ether oxygens (including phenoxy) is 1. The molecule has 14 heavy (non-hydrogen) atoms. The van der Waals surface area contributed by atoms with E-state index in [0.29, 0.717) is 0 Å². The van der Waals surface area contributed by atoms with Gasteiger partial charge in [-0.05, 0) is 12.5 Å². The number of carbonyl (C=O) groups excluding carboxylic acids is 1. The van der Waals surface area contributed by atoms with Crippen LogP contribution in [0.3, 0.4) is 0 Å². The molecule has 4 heteroatoms. The summed E-state index contributed by atoms with van der Waals surface area (Å²) in [4.78, 5) is 11.1. The Hall–Kier alpha value is -1.06. The van der Waals surface area contributed by atoms with E-state index in [9.17, 15) is 4.79 Å². The zero-order chi connectivity index (χ0) is 9.68. The molecule has 1 aromatic rings. The quantitative estimate of drug-likeness (QED) is 0.614. The molecule has 0 aliphatic carbocycles. The molecular weight excluding hydrogens is 202 g/mol. The minimum absolute atomic E-state index is 0. The fourth-order valence-electron chi connectivity index (χ4n) is 1.01. The van der Waals surface area contributed by atoms with Crippen molar-refractivity contribution in [1.29, 1.82) is 0 Å². The zero-order valence-corrected chi connectivity index (χ0v) is 8.79. The second-order valence-corrected chi connectivity index (χ2v) is 2.86. The Balaban J connectivity index is 0.00000169. The van der Waals surface area contributed by atoms with Crippen LogP contribution in [0, 0.1) is 0 Å². The van der Waals surface area contributed by atoms with Crippen molar-refractivity contribution in [3.8, 4) is 0 Å². The van der Waals surface area contributed by atoms with Crippen LogP contribution < -0.4 is 5.73 Å². The third-order valence-corrected chi connectivity index (χ3v) is 1.51. The van der Waals surface area contributed by atoms with Crippen molar-refractivity contribution in [2.24, 2.45) is 5.73 Å². The fourth-order valence-corrected chi connectivity index (χ4v) is 1.01. The summed E-state index contributed by atoms with van der Waals surface area (Å²) in [6.45, 7) is 1.63. The second-order valence-electron chi connectivity index (χ2n) is 2.86. The number of halogens is 1. The highest BCUT2D eigenvalue weighted by atomic mass is 35.5. The summed E-state index contributed by atoms with van der Waals surface area (Å²) in [5, 5.41) is 0. The van der Waals surface area contributed by atoms with Gasteiger partial charge < -0.3 is 4.74 Å². The molecule has 1 aromatic carbocycles. The van der Waals surface area contributed by atoms with Crippen LogP contribution >= 0.6 is 12.4 Å². The largest absolute Gasteiger partial charge is 0.447 e. The number of carbonyl (C=O) groups is 1. The molecule has 1 rings (SSSR count). The van der Waals surface area contributed by atoms with Crippen molar-refractivity contribution in [3.05, 3.63) is 35.9 Å². The lowest BCUT2D eigenvalue weighted by atomic mass is 10.2. The van der Waals surface area contributed by atoms with Crippen molar-refractivity contribution >= 4 is 18.4 Å². The van der Waals surface area contributed by atoms with Crippen molar-refractivity contribution in [2.75, 3.05) is 0 Å². The van der Waals surface area contributed by atoms with Gasteiger partial charge in [0.05, 0.1) is 6.42 Å². The molecule has 0 fully saturated rings. The van der Waals surface area contributed by atoms with Gasteiger partial charge in [0.15, 0.2) is 0 Å². The second kappa shape index (κ2) is 6.40. The maximum atomic E-state index is 11.1. The molecule has 0 amide bonds. The van der Waals surface area contributed by atoms with E-state index in [-0.39, 0.29) is 24.8 Å². The van der Waals surface area contributed by atoms with Gasteiger partial charge in [0, 0.05) is 0 Å². The highest BCUT2D eigenvalue weighted by Crippen LogP contribution is 2.00. The van der Waals surface area contributed by atoms with E-state index in [4.69, 9.17) is 10.5 Å². The van der Waals surface area contributed by atoms with Crippen LogP contribution in [0.5, 0.6) is 0 Å². The Morgan fingerprint density at radius 1 is 1.43 bits per heavy atom. The number of esters is 1. The summed E-state index contributed by atoms with van der Waals surface area (Å²) < 4.78 is 4.79. The highest BCUT2D eigenvalue weighted by molar-refractivity contribution is 5.85. The molecule has 0 aliphatic heterocycles. The Bertz CT molecular complexity index is 275. The van der Waals surface area contributed by atoms with Crippen LogP contribution in [0.25, 0.3) is 0 Å². The summed E-state index contributed by atoms with van der Waals surface area (Å²) in [5.41, 5.74) is 6.24.